The molecule has 0 aliphatic heterocycles. The van der Waals surface area contributed by atoms with E-state index < -0.39 is 0 Å². The van der Waals surface area contributed by atoms with Gasteiger partial charge in [0.05, 0.1) is 5.76 Å². The zero-order valence-corrected chi connectivity index (χ0v) is 20.3. The van der Waals surface area contributed by atoms with E-state index in [-0.39, 0.29) is 31.6 Å². The number of rotatable bonds is 4. The first-order valence-corrected chi connectivity index (χ1v) is 10.0. The molecule has 0 fully saturated rings. The van der Waals surface area contributed by atoms with E-state index in [2.05, 4.69) is 65.6 Å². The normalized spacial score (nSPS) is 10.4. The summed E-state index contributed by atoms with van der Waals surface area (Å²) in [7, 11) is 0. The molecule has 3 aromatic carbocycles. The van der Waals surface area contributed by atoms with Crippen LogP contribution >= 0.6 is 0 Å². The fourth-order valence-electron chi connectivity index (χ4n) is 3.15. The number of hydrogen-bond acceptors (Lipinski definition) is 3. The SMILES string of the molecule is CC(=O)/C=C(/C)O.[Ir].[c-]1ccccc1-c1cc(-c2ccccc2)c(-c2ccccc2)cn1. The Balaban J connectivity index is 0.000000398. The maximum atomic E-state index is 10.0. The van der Waals surface area contributed by atoms with Gasteiger partial charge in [-0.15, -0.1) is 35.9 Å². The summed E-state index contributed by atoms with van der Waals surface area (Å²) in [6.45, 7) is 2.85. The number of aliphatic hydroxyl groups excluding tert-OH is 1. The summed E-state index contributed by atoms with van der Waals surface area (Å²) >= 11 is 0. The molecule has 4 rings (SSSR count). The molecule has 3 nitrogen and oxygen atoms in total. The van der Waals surface area contributed by atoms with Crippen LogP contribution in [0.15, 0.2) is 109 Å². The van der Waals surface area contributed by atoms with Gasteiger partial charge in [0.2, 0.25) is 0 Å². The molecule has 0 bridgehead atoms. The van der Waals surface area contributed by atoms with Gasteiger partial charge in [0.25, 0.3) is 0 Å². The molecule has 0 amide bonds. The van der Waals surface area contributed by atoms with E-state index in [0.717, 1.165) is 16.8 Å². The average Bonchev–Trinajstić information content (AvgIpc) is 2.80. The molecule has 163 valence electrons. The van der Waals surface area contributed by atoms with Crippen molar-refractivity contribution in [3.63, 3.8) is 0 Å². The Hall–Kier alpha value is -3.33. The van der Waals surface area contributed by atoms with Gasteiger partial charge in [-0.3, -0.25) is 4.79 Å². The van der Waals surface area contributed by atoms with Crippen LogP contribution in [-0.2, 0) is 24.9 Å². The fourth-order valence-corrected chi connectivity index (χ4v) is 3.15. The van der Waals surface area contributed by atoms with Gasteiger partial charge >= 0.3 is 0 Å². The van der Waals surface area contributed by atoms with Crippen molar-refractivity contribution in [2.24, 2.45) is 0 Å². The van der Waals surface area contributed by atoms with Crippen molar-refractivity contribution in [1.29, 1.82) is 0 Å². The van der Waals surface area contributed by atoms with Crippen LogP contribution < -0.4 is 0 Å². The molecule has 4 aromatic rings. The van der Waals surface area contributed by atoms with Crippen LogP contribution in [-0.4, -0.2) is 15.9 Å². The van der Waals surface area contributed by atoms with Crippen LogP contribution in [0.1, 0.15) is 13.8 Å². The van der Waals surface area contributed by atoms with Gasteiger partial charge in [-0.05, 0) is 36.2 Å². The summed E-state index contributed by atoms with van der Waals surface area (Å²) < 4.78 is 0. The second-order valence-corrected chi connectivity index (χ2v) is 7.02. The molecule has 0 aliphatic rings. The molecule has 0 unspecified atom stereocenters. The molecule has 4 heteroatoms. The molecule has 1 radical (unpaired) electrons. The first kappa shape index (κ1) is 24.9. The minimum absolute atomic E-state index is 0. The summed E-state index contributed by atoms with van der Waals surface area (Å²) in [5.41, 5.74) is 6.64. The molecular formula is C28H24IrNO2-. The van der Waals surface area contributed by atoms with Crippen molar-refractivity contribution in [3.8, 4) is 33.5 Å². The molecule has 0 saturated carbocycles. The van der Waals surface area contributed by atoms with E-state index in [0.29, 0.717) is 0 Å². The van der Waals surface area contributed by atoms with Crippen molar-refractivity contribution >= 4 is 5.78 Å². The zero-order valence-electron chi connectivity index (χ0n) is 18.0. The number of pyridine rings is 1. The number of aliphatic hydroxyl groups is 1. The predicted molar refractivity (Wildman–Crippen MR) is 126 cm³/mol. The van der Waals surface area contributed by atoms with Crippen molar-refractivity contribution in [2.75, 3.05) is 0 Å². The quantitative estimate of drug-likeness (QED) is 0.158. The monoisotopic (exact) mass is 599 g/mol. The molecule has 1 aromatic heterocycles. The summed E-state index contributed by atoms with van der Waals surface area (Å²) in [5, 5.41) is 8.36. The number of allylic oxidation sites excluding steroid dienone is 2. The number of carbonyl (C=O) groups excluding carboxylic acids is 1. The van der Waals surface area contributed by atoms with E-state index in [4.69, 9.17) is 5.11 Å². The Bertz CT molecular complexity index is 1150. The third-order valence-corrected chi connectivity index (χ3v) is 4.47. The van der Waals surface area contributed by atoms with Crippen molar-refractivity contribution in [2.45, 2.75) is 13.8 Å². The largest absolute Gasteiger partial charge is 0.512 e. The van der Waals surface area contributed by atoms with Gasteiger partial charge in [-0.1, -0.05) is 66.7 Å². The first-order chi connectivity index (χ1) is 15.0. The molecule has 1 N–H and O–H groups in total. The Labute approximate surface area is 202 Å². The fraction of sp³-hybridized carbons (Fsp3) is 0.0714. The van der Waals surface area contributed by atoms with Crippen LogP contribution in [0.3, 0.4) is 0 Å². The summed E-state index contributed by atoms with van der Waals surface area (Å²) in [5.74, 6) is -0.0625. The number of benzene rings is 3. The van der Waals surface area contributed by atoms with Crippen LogP contribution in [0.25, 0.3) is 33.5 Å². The minimum atomic E-state index is -0.125. The maximum absolute atomic E-state index is 10.0. The Morgan fingerprint density at radius 1 is 0.844 bits per heavy atom. The molecule has 0 aliphatic carbocycles. The van der Waals surface area contributed by atoms with E-state index >= 15 is 0 Å². The van der Waals surface area contributed by atoms with E-state index in [1.807, 2.05) is 42.6 Å². The number of hydrogen-bond donors (Lipinski definition) is 1. The predicted octanol–water partition coefficient (Wildman–Crippen LogP) is 6.92. The molecule has 1 heterocycles. The van der Waals surface area contributed by atoms with Gasteiger partial charge in [-0.25, -0.2) is 0 Å². The third-order valence-electron chi connectivity index (χ3n) is 4.47. The molecule has 0 atom stereocenters. The molecule has 0 spiro atoms. The molecule has 32 heavy (non-hydrogen) atoms. The topological polar surface area (TPSA) is 50.2 Å². The van der Waals surface area contributed by atoms with E-state index in [1.165, 1.54) is 36.6 Å². The van der Waals surface area contributed by atoms with Crippen molar-refractivity contribution < 1.29 is 30.0 Å². The van der Waals surface area contributed by atoms with Crippen LogP contribution in [0.2, 0.25) is 0 Å². The first-order valence-electron chi connectivity index (χ1n) is 10.0. The maximum Gasteiger partial charge on any atom is 0.155 e. The Kier molecular flexibility index (Phi) is 9.74. The van der Waals surface area contributed by atoms with Crippen LogP contribution in [0.4, 0.5) is 0 Å². The standard InChI is InChI=1S/C23H16N.C5H8O2.Ir/c1-4-10-18(11-5-1)21-16-23(20-14-8-3-9-15-20)24-17-22(21)19-12-6-2-7-13-19;1-4(6)3-5(2)7;/h1-14,16-17H;3,6H,1-2H3;/q-1;;/b;4-3-;. The third kappa shape index (κ3) is 7.12. The second kappa shape index (κ2) is 12.5. The summed E-state index contributed by atoms with van der Waals surface area (Å²) in [6, 6.07) is 34.2. The smallest absolute Gasteiger partial charge is 0.155 e. The van der Waals surface area contributed by atoms with Gasteiger partial charge in [-0.2, -0.15) is 0 Å². The van der Waals surface area contributed by atoms with Gasteiger partial charge in [0, 0.05) is 37.9 Å². The van der Waals surface area contributed by atoms with Gasteiger partial charge < -0.3 is 10.1 Å². The van der Waals surface area contributed by atoms with Crippen LogP contribution in [0, 0.1) is 6.07 Å². The Morgan fingerprint density at radius 2 is 1.41 bits per heavy atom. The number of carbonyl (C=O) groups is 1. The van der Waals surface area contributed by atoms with Gasteiger partial charge in [0.15, 0.2) is 5.78 Å². The number of aromatic nitrogens is 1. The Morgan fingerprint density at radius 3 is 1.88 bits per heavy atom. The number of ketones is 1. The van der Waals surface area contributed by atoms with E-state index in [1.54, 1.807) is 0 Å². The molecule has 0 saturated heterocycles. The average molecular weight is 599 g/mol. The number of nitrogens with zero attached hydrogens (tertiary/aromatic N) is 1. The van der Waals surface area contributed by atoms with Gasteiger partial charge in [0.1, 0.15) is 0 Å². The van der Waals surface area contributed by atoms with Crippen molar-refractivity contribution in [3.05, 3.63) is 115 Å². The van der Waals surface area contributed by atoms with E-state index in [9.17, 15) is 4.79 Å². The molecular weight excluding hydrogens is 575 g/mol. The van der Waals surface area contributed by atoms with Crippen molar-refractivity contribution in [1.82, 2.24) is 4.98 Å². The summed E-state index contributed by atoms with van der Waals surface area (Å²) in [4.78, 5) is 14.7. The van der Waals surface area contributed by atoms with Crippen LogP contribution in [0.5, 0.6) is 0 Å². The second-order valence-electron chi connectivity index (χ2n) is 7.02. The minimum Gasteiger partial charge on any atom is -0.512 e. The zero-order chi connectivity index (χ0) is 22.1. The summed E-state index contributed by atoms with van der Waals surface area (Å²) in [6.07, 6.45) is 3.13.